The zero-order valence-electron chi connectivity index (χ0n) is 14.5. The highest BCUT2D eigenvalue weighted by Crippen LogP contribution is 2.41. The number of carbonyl (C=O) groups is 1. The molecule has 3 rings (SSSR count). The van der Waals surface area contributed by atoms with Gasteiger partial charge in [0, 0.05) is 24.3 Å². The number of benzene rings is 2. The molecule has 0 spiro atoms. The summed E-state index contributed by atoms with van der Waals surface area (Å²) in [6.45, 7) is 5.67. The lowest BCUT2D eigenvalue weighted by Crippen LogP contribution is -2.29. The van der Waals surface area contributed by atoms with Crippen molar-refractivity contribution in [3.63, 3.8) is 0 Å². The minimum Gasteiger partial charge on any atom is -0.477 e. The van der Waals surface area contributed by atoms with E-state index in [1.807, 2.05) is 74.5 Å². The number of hydrogen-bond donors (Lipinski definition) is 1. The molecule has 0 aliphatic carbocycles. The van der Waals surface area contributed by atoms with E-state index in [9.17, 15) is 4.79 Å². The lowest BCUT2D eigenvalue weighted by molar-refractivity contribution is -0.129. The first-order valence-electron chi connectivity index (χ1n) is 8.31. The summed E-state index contributed by atoms with van der Waals surface area (Å²) >= 11 is 0. The number of carboxylic acids is 1. The van der Waals surface area contributed by atoms with Gasteiger partial charge in [0.15, 0.2) is 11.3 Å². The molecule has 2 aromatic carbocycles. The Morgan fingerprint density at radius 2 is 1.52 bits per heavy atom. The second-order valence-electron chi connectivity index (χ2n) is 5.45. The average molecular weight is 341 g/mol. The molecule has 0 radical (unpaired) electrons. The van der Waals surface area contributed by atoms with Crippen molar-refractivity contribution < 1.29 is 19.5 Å². The molecule has 5 heteroatoms. The molecule has 1 heterocycles. The summed E-state index contributed by atoms with van der Waals surface area (Å²) in [5.41, 5.74) is 0.978. The van der Waals surface area contributed by atoms with Gasteiger partial charge in [-0.05, 0) is 13.8 Å². The van der Waals surface area contributed by atoms with Crippen LogP contribution in [0.2, 0.25) is 0 Å². The van der Waals surface area contributed by atoms with Gasteiger partial charge in [-0.1, -0.05) is 65.8 Å². The molecule has 0 atom stereocenters. The maximum absolute atomic E-state index is 11.1. The highest BCUT2D eigenvalue weighted by Gasteiger charge is 2.44. The molecule has 1 N–H and O–H groups in total. The Hall–Kier alpha value is -2.66. The molecule has 2 aromatic rings. The van der Waals surface area contributed by atoms with E-state index >= 15 is 0 Å². The zero-order chi connectivity index (χ0) is 18.1. The van der Waals surface area contributed by atoms with Crippen LogP contribution in [0.1, 0.15) is 31.4 Å². The van der Waals surface area contributed by atoms with E-state index < -0.39 is 11.6 Å². The normalized spacial score (nSPS) is 14.7. The van der Waals surface area contributed by atoms with Crippen molar-refractivity contribution in [1.29, 1.82) is 0 Å². The van der Waals surface area contributed by atoms with E-state index in [0.29, 0.717) is 0 Å². The predicted octanol–water partition coefficient (Wildman–Crippen LogP) is 3.83. The molecule has 0 saturated heterocycles. The second-order valence-corrected chi connectivity index (χ2v) is 5.45. The molecule has 0 unspecified atom stereocenters. The van der Waals surface area contributed by atoms with Crippen LogP contribution < -0.4 is 0 Å². The first kappa shape index (κ1) is 18.7. The van der Waals surface area contributed by atoms with Crippen molar-refractivity contribution in [2.45, 2.75) is 25.9 Å². The Balaban J connectivity index is 0.000000399. The van der Waals surface area contributed by atoms with Crippen LogP contribution in [0.25, 0.3) is 0 Å². The van der Waals surface area contributed by atoms with Gasteiger partial charge in [0.05, 0.1) is 6.42 Å². The fourth-order valence-corrected chi connectivity index (χ4v) is 2.64. The Labute approximate surface area is 147 Å². The fourth-order valence-electron chi connectivity index (χ4n) is 2.64. The number of hydrogen-bond acceptors (Lipinski definition) is 4. The van der Waals surface area contributed by atoms with Crippen LogP contribution in [0.4, 0.5) is 0 Å². The minimum atomic E-state index is -1.04. The molecule has 0 aromatic heterocycles. The molecular weight excluding hydrogens is 318 g/mol. The highest BCUT2D eigenvalue weighted by molar-refractivity contribution is 6.36. The number of aliphatic carboxylic acids is 1. The van der Waals surface area contributed by atoms with Gasteiger partial charge >= 0.3 is 5.97 Å². The van der Waals surface area contributed by atoms with Gasteiger partial charge in [0.1, 0.15) is 0 Å². The maximum atomic E-state index is 11.1. The molecule has 0 saturated carbocycles. The van der Waals surface area contributed by atoms with Crippen LogP contribution >= 0.6 is 0 Å². The van der Waals surface area contributed by atoms with Crippen molar-refractivity contribution in [2.24, 2.45) is 5.16 Å². The Kier molecular flexibility index (Phi) is 6.71. The largest absolute Gasteiger partial charge is 0.477 e. The van der Waals surface area contributed by atoms with Gasteiger partial charge < -0.3 is 14.7 Å². The summed E-state index contributed by atoms with van der Waals surface area (Å²) in [5.74, 6) is -1.04. The van der Waals surface area contributed by atoms with E-state index in [1.54, 1.807) is 0 Å². The number of carboxylic acid groups (broad SMARTS) is 1. The van der Waals surface area contributed by atoms with Crippen molar-refractivity contribution in [3.05, 3.63) is 71.8 Å². The third kappa shape index (κ3) is 4.45. The van der Waals surface area contributed by atoms with Crippen LogP contribution in [0.3, 0.4) is 0 Å². The third-order valence-electron chi connectivity index (χ3n) is 3.86. The number of oxime groups is 1. The van der Waals surface area contributed by atoms with Crippen LogP contribution in [-0.2, 0) is 20.0 Å². The minimum absolute atomic E-state index is 0.0395. The summed E-state index contributed by atoms with van der Waals surface area (Å²) in [4.78, 5) is 16.7. The van der Waals surface area contributed by atoms with Gasteiger partial charge in [0.25, 0.3) is 0 Å². The van der Waals surface area contributed by atoms with E-state index in [4.69, 9.17) is 14.7 Å². The van der Waals surface area contributed by atoms with Gasteiger partial charge in [-0.15, -0.1) is 0 Å². The molecule has 0 bridgehead atoms. The molecule has 25 heavy (non-hydrogen) atoms. The lowest BCUT2D eigenvalue weighted by Gasteiger charge is -2.27. The number of rotatable bonds is 5. The molecular formula is C20H23NO4. The molecule has 0 amide bonds. The van der Waals surface area contributed by atoms with Crippen molar-refractivity contribution in [3.8, 4) is 0 Å². The Morgan fingerprint density at radius 3 is 1.84 bits per heavy atom. The Morgan fingerprint density at radius 1 is 1.04 bits per heavy atom. The van der Waals surface area contributed by atoms with E-state index in [-0.39, 0.29) is 12.1 Å². The smallest absolute Gasteiger partial charge is 0.353 e. The van der Waals surface area contributed by atoms with Gasteiger partial charge in [0.2, 0.25) is 0 Å². The quantitative estimate of drug-likeness (QED) is 0.897. The summed E-state index contributed by atoms with van der Waals surface area (Å²) in [6.07, 6.45) is 0.219. The molecule has 5 nitrogen and oxygen atoms in total. The standard InChI is InChI=1S/C16H13NO3.C4H10O/c18-15(19)14-11-16(20-17-14,12-7-3-1-4-8-12)13-9-5-2-6-10-13;1-3-5-4-2/h1-10H,11H2,(H,18,19);3-4H2,1-2H3. The third-order valence-corrected chi connectivity index (χ3v) is 3.86. The van der Waals surface area contributed by atoms with Crippen molar-refractivity contribution in [1.82, 2.24) is 0 Å². The number of nitrogens with zero attached hydrogens (tertiary/aromatic N) is 1. The first-order chi connectivity index (χ1) is 12.1. The van der Waals surface area contributed by atoms with E-state index in [2.05, 4.69) is 5.16 Å². The van der Waals surface area contributed by atoms with E-state index in [0.717, 1.165) is 24.3 Å². The highest BCUT2D eigenvalue weighted by atomic mass is 16.7. The maximum Gasteiger partial charge on any atom is 0.353 e. The monoisotopic (exact) mass is 341 g/mol. The predicted molar refractivity (Wildman–Crippen MR) is 96.6 cm³/mol. The topological polar surface area (TPSA) is 68.1 Å². The second kappa shape index (κ2) is 8.99. The average Bonchev–Trinajstić information content (AvgIpc) is 3.11. The van der Waals surface area contributed by atoms with Gasteiger partial charge in [-0.25, -0.2) is 4.79 Å². The SMILES string of the molecule is CCOCC.O=C(O)C1=NOC(c2ccccc2)(c2ccccc2)C1. The summed E-state index contributed by atoms with van der Waals surface area (Å²) < 4.78 is 4.83. The summed E-state index contributed by atoms with van der Waals surface area (Å²) in [6, 6.07) is 19.1. The van der Waals surface area contributed by atoms with Gasteiger partial charge in [-0.3, -0.25) is 0 Å². The first-order valence-corrected chi connectivity index (χ1v) is 8.31. The molecule has 132 valence electrons. The van der Waals surface area contributed by atoms with Crippen LogP contribution in [0.15, 0.2) is 65.8 Å². The zero-order valence-corrected chi connectivity index (χ0v) is 14.5. The van der Waals surface area contributed by atoms with E-state index in [1.165, 1.54) is 0 Å². The van der Waals surface area contributed by atoms with Crippen LogP contribution in [-0.4, -0.2) is 30.0 Å². The fraction of sp³-hybridized carbons (Fsp3) is 0.300. The van der Waals surface area contributed by atoms with Crippen LogP contribution in [0.5, 0.6) is 0 Å². The van der Waals surface area contributed by atoms with Crippen LogP contribution in [0, 0.1) is 0 Å². The molecule has 1 aliphatic heterocycles. The van der Waals surface area contributed by atoms with Crippen molar-refractivity contribution in [2.75, 3.05) is 13.2 Å². The lowest BCUT2D eigenvalue weighted by atomic mass is 9.82. The molecule has 1 aliphatic rings. The Bertz CT molecular complexity index is 657. The summed E-state index contributed by atoms with van der Waals surface area (Å²) in [7, 11) is 0. The van der Waals surface area contributed by atoms with Gasteiger partial charge in [-0.2, -0.15) is 0 Å². The number of ether oxygens (including phenoxy) is 1. The summed E-state index contributed by atoms with van der Waals surface area (Å²) in [5, 5.41) is 12.9. The molecule has 0 fully saturated rings. The van der Waals surface area contributed by atoms with Crippen molar-refractivity contribution >= 4 is 11.7 Å².